The number of rotatable bonds is 3. The molecule has 1 amide bonds. The largest absolute Gasteiger partial charge is 0.374 e. The SMILES string of the molecule is Cc1nccn1CCC(=O)N1CCO[C@@H]2CCCC[C@H]21. The van der Waals surface area contributed by atoms with E-state index in [0.717, 1.165) is 31.8 Å². The van der Waals surface area contributed by atoms with Crippen molar-refractivity contribution in [1.29, 1.82) is 0 Å². The standard InChI is InChI=1S/C15H23N3O2/c1-12-16-7-9-17(12)8-6-15(19)18-10-11-20-14-5-3-2-4-13(14)18/h7,9,13-14H,2-6,8,10-11H2,1H3/t13-,14-/m1/s1. The lowest BCUT2D eigenvalue weighted by molar-refractivity contribution is -0.149. The first-order valence-corrected chi connectivity index (χ1v) is 7.64. The van der Waals surface area contributed by atoms with E-state index in [1.807, 2.05) is 17.7 Å². The molecule has 3 rings (SSSR count). The highest BCUT2D eigenvalue weighted by atomic mass is 16.5. The van der Waals surface area contributed by atoms with Gasteiger partial charge in [-0.15, -0.1) is 0 Å². The molecule has 2 aliphatic rings. The maximum atomic E-state index is 12.5. The Morgan fingerprint density at radius 3 is 3.10 bits per heavy atom. The maximum Gasteiger partial charge on any atom is 0.224 e. The fraction of sp³-hybridized carbons (Fsp3) is 0.733. The van der Waals surface area contributed by atoms with Gasteiger partial charge in [0.15, 0.2) is 0 Å². The van der Waals surface area contributed by atoms with Crippen molar-refractivity contribution in [3.8, 4) is 0 Å². The second-order valence-electron chi connectivity index (χ2n) is 5.77. The third-order valence-electron chi connectivity index (χ3n) is 4.54. The molecule has 0 N–H and O–H groups in total. The lowest BCUT2D eigenvalue weighted by atomic mass is 9.90. The zero-order valence-electron chi connectivity index (χ0n) is 12.1. The summed E-state index contributed by atoms with van der Waals surface area (Å²) in [6, 6.07) is 0.314. The number of aryl methyl sites for hydroxylation is 2. The van der Waals surface area contributed by atoms with E-state index >= 15 is 0 Å². The van der Waals surface area contributed by atoms with Crippen molar-refractivity contribution in [3.63, 3.8) is 0 Å². The summed E-state index contributed by atoms with van der Waals surface area (Å²) in [5.74, 6) is 1.23. The van der Waals surface area contributed by atoms with Crippen LogP contribution in [0.25, 0.3) is 0 Å². The van der Waals surface area contributed by atoms with Crippen molar-refractivity contribution in [2.45, 2.75) is 57.7 Å². The average molecular weight is 277 g/mol. The van der Waals surface area contributed by atoms with E-state index in [4.69, 9.17) is 4.74 Å². The first-order chi connectivity index (χ1) is 9.75. The molecule has 1 aliphatic carbocycles. The van der Waals surface area contributed by atoms with Crippen LogP contribution in [0.3, 0.4) is 0 Å². The molecule has 110 valence electrons. The molecule has 20 heavy (non-hydrogen) atoms. The number of morpholine rings is 1. The number of fused-ring (bicyclic) bond motifs is 1. The highest BCUT2D eigenvalue weighted by molar-refractivity contribution is 5.76. The topological polar surface area (TPSA) is 47.4 Å². The number of amides is 1. The van der Waals surface area contributed by atoms with Crippen molar-refractivity contribution >= 4 is 5.91 Å². The lowest BCUT2D eigenvalue weighted by Crippen LogP contribution is -2.54. The monoisotopic (exact) mass is 277 g/mol. The van der Waals surface area contributed by atoms with Crippen LogP contribution in [0.5, 0.6) is 0 Å². The van der Waals surface area contributed by atoms with Gasteiger partial charge in [0.2, 0.25) is 5.91 Å². The summed E-state index contributed by atoms with van der Waals surface area (Å²) in [6.45, 7) is 4.13. The first-order valence-electron chi connectivity index (χ1n) is 7.64. The number of hydrogen-bond donors (Lipinski definition) is 0. The van der Waals surface area contributed by atoms with Crippen LogP contribution >= 0.6 is 0 Å². The van der Waals surface area contributed by atoms with Gasteiger partial charge >= 0.3 is 0 Å². The van der Waals surface area contributed by atoms with Gasteiger partial charge in [-0.1, -0.05) is 12.8 Å². The number of aromatic nitrogens is 2. The Balaban J connectivity index is 1.59. The molecule has 1 saturated carbocycles. The van der Waals surface area contributed by atoms with Crippen LogP contribution in [-0.2, 0) is 16.1 Å². The van der Waals surface area contributed by atoms with Gasteiger partial charge in [-0.2, -0.15) is 0 Å². The Morgan fingerprint density at radius 1 is 1.45 bits per heavy atom. The molecule has 5 nitrogen and oxygen atoms in total. The molecule has 0 radical (unpaired) electrons. The highest BCUT2D eigenvalue weighted by Gasteiger charge is 2.36. The van der Waals surface area contributed by atoms with E-state index in [-0.39, 0.29) is 12.0 Å². The smallest absolute Gasteiger partial charge is 0.224 e. The molecule has 1 aromatic heterocycles. The minimum Gasteiger partial charge on any atom is -0.374 e. The second kappa shape index (κ2) is 5.95. The van der Waals surface area contributed by atoms with E-state index < -0.39 is 0 Å². The van der Waals surface area contributed by atoms with Crippen LogP contribution < -0.4 is 0 Å². The molecule has 1 aromatic rings. The summed E-state index contributed by atoms with van der Waals surface area (Å²) in [5, 5.41) is 0. The predicted octanol–water partition coefficient (Wildman–Crippen LogP) is 1.75. The third-order valence-corrected chi connectivity index (χ3v) is 4.54. The zero-order valence-corrected chi connectivity index (χ0v) is 12.1. The average Bonchev–Trinajstić information content (AvgIpc) is 2.89. The highest BCUT2D eigenvalue weighted by Crippen LogP contribution is 2.28. The van der Waals surface area contributed by atoms with E-state index in [1.54, 1.807) is 6.20 Å². The number of ether oxygens (including phenoxy) is 1. The molecule has 0 unspecified atom stereocenters. The van der Waals surface area contributed by atoms with Crippen LogP contribution in [0.4, 0.5) is 0 Å². The van der Waals surface area contributed by atoms with Crippen LogP contribution in [0.1, 0.15) is 37.9 Å². The lowest BCUT2D eigenvalue weighted by Gasteiger charge is -2.43. The van der Waals surface area contributed by atoms with Gasteiger partial charge in [-0.25, -0.2) is 4.98 Å². The molecule has 0 bridgehead atoms. The maximum absolute atomic E-state index is 12.5. The summed E-state index contributed by atoms with van der Waals surface area (Å²) in [5.41, 5.74) is 0. The van der Waals surface area contributed by atoms with Gasteiger partial charge in [0.05, 0.1) is 18.8 Å². The fourth-order valence-electron chi connectivity index (χ4n) is 3.41. The van der Waals surface area contributed by atoms with Crippen LogP contribution in [0.2, 0.25) is 0 Å². The van der Waals surface area contributed by atoms with Gasteiger partial charge < -0.3 is 14.2 Å². The van der Waals surface area contributed by atoms with Crippen molar-refractivity contribution < 1.29 is 9.53 Å². The van der Waals surface area contributed by atoms with Gasteiger partial charge in [0, 0.05) is 31.9 Å². The molecule has 5 heteroatoms. The Bertz CT molecular complexity index is 469. The van der Waals surface area contributed by atoms with Crippen molar-refractivity contribution in [2.75, 3.05) is 13.2 Å². The van der Waals surface area contributed by atoms with Crippen LogP contribution in [0.15, 0.2) is 12.4 Å². The van der Waals surface area contributed by atoms with E-state index in [2.05, 4.69) is 9.88 Å². The van der Waals surface area contributed by atoms with Crippen LogP contribution in [0, 0.1) is 6.92 Å². The molecular formula is C15H23N3O2. The Morgan fingerprint density at radius 2 is 2.30 bits per heavy atom. The number of imidazole rings is 1. The van der Waals surface area contributed by atoms with Crippen molar-refractivity contribution in [3.05, 3.63) is 18.2 Å². The van der Waals surface area contributed by atoms with E-state index in [0.29, 0.717) is 19.1 Å². The van der Waals surface area contributed by atoms with Gasteiger partial charge in [-0.3, -0.25) is 4.79 Å². The van der Waals surface area contributed by atoms with Gasteiger partial charge in [0.1, 0.15) is 5.82 Å². The molecule has 1 saturated heterocycles. The molecule has 2 fully saturated rings. The minimum atomic E-state index is 0.262. The van der Waals surface area contributed by atoms with Crippen molar-refractivity contribution in [2.24, 2.45) is 0 Å². The minimum absolute atomic E-state index is 0.262. The number of hydrogen-bond acceptors (Lipinski definition) is 3. The number of carbonyl (C=O) groups excluding carboxylic acids is 1. The van der Waals surface area contributed by atoms with Crippen LogP contribution in [-0.4, -0.2) is 45.7 Å². The summed E-state index contributed by atoms with van der Waals surface area (Å²) in [6.07, 6.45) is 9.20. The number of carbonyl (C=O) groups is 1. The number of nitrogens with zero attached hydrogens (tertiary/aromatic N) is 3. The molecule has 1 aliphatic heterocycles. The first kappa shape index (κ1) is 13.6. The predicted molar refractivity (Wildman–Crippen MR) is 75.3 cm³/mol. The molecule has 0 aromatic carbocycles. The van der Waals surface area contributed by atoms with E-state index in [1.165, 1.54) is 12.8 Å². The van der Waals surface area contributed by atoms with Gasteiger partial charge in [0.25, 0.3) is 0 Å². The Labute approximate surface area is 119 Å². The van der Waals surface area contributed by atoms with E-state index in [9.17, 15) is 4.79 Å². The molecule has 2 heterocycles. The quantitative estimate of drug-likeness (QED) is 0.845. The molecule has 2 atom stereocenters. The summed E-state index contributed by atoms with van der Waals surface area (Å²) in [7, 11) is 0. The second-order valence-corrected chi connectivity index (χ2v) is 5.77. The molecule has 0 spiro atoms. The third kappa shape index (κ3) is 2.73. The van der Waals surface area contributed by atoms with Crippen molar-refractivity contribution in [1.82, 2.24) is 14.5 Å². The Hall–Kier alpha value is -1.36. The zero-order chi connectivity index (χ0) is 13.9. The Kier molecular flexibility index (Phi) is 4.05. The summed E-state index contributed by atoms with van der Waals surface area (Å²) in [4.78, 5) is 18.8. The summed E-state index contributed by atoms with van der Waals surface area (Å²) < 4.78 is 7.86. The summed E-state index contributed by atoms with van der Waals surface area (Å²) >= 11 is 0. The van der Waals surface area contributed by atoms with Gasteiger partial charge in [-0.05, 0) is 19.8 Å². The molecular weight excluding hydrogens is 254 g/mol. The fourth-order valence-corrected chi connectivity index (χ4v) is 3.41. The normalized spacial score (nSPS) is 26.4.